The number of aliphatic hydroxyl groups is 1. The Morgan fingerprint density at radius 3 is 2.68 bits per heavy atom. The Labute approximate surface area is 156 Å². The summed E-state index contributed by atoms with van der Waals surface area (Å²) in [5.41, 5.74) is 2.10. The third-order valence-corrected chi connectivity index (χ3v) is 9.45. The monoisotopic (exact) mass is 406 g/mol. The number of benzene rings is 1. The second-order valence-electron chi connectivity index (χ2n) is 8.23. The van der Waals surface area contributed by atoms with Crippen molar-refractivity contribution in [3.05, 3.63) is 41.5 Å². The van der Waals surface area contributed by atoms with E-state index >= 15 is 0 Å². The van der Waals surface area contributed by atoms with Gasteiger partial charge in [0.15, 0.2) is 0 Å². The molecule has 2 aliphatic carbocycles. The van der Waals surface area contributed by atoms with Gasteiger partial charge in [-0.3, -0.25) is 0 Å². The van der Waals surface area contributed by atoms with Gasteiger partial charge in [0.05, 0.1) is 0 Å². The summed E-state index contributed by atoms with van der Waals surface area (Å²) in [6, 6.07) is 10.3. The van der Waals surface area contributed by atoms with Crippen molar-refractivity contribution in [1.82, 2.24) is 0 Å². The van der Waals surface area contributed by atoms with Crippen molar-refractivity contribution in [2.45, 2.75) is 62.5 Å². The molecule has 2 fully saturated rings. The van der Waals surface area contributed by atoms with Gasteiger partial charge in [-0.1, -0.05) is 0 Å². The van der Waals surface area contributed by atoms with Crippen LogP contribution < -0.4 is 4.46 Å². The van der Waals surface area contributed by atoms with Gasteiger partial charge in [0, 0.05) is 0 Å². The molecule has 1 aromatic rings. The Balaban J connectivity index is 1.69. The molecule has 1 saturated heterocycles. The normalized spacial score (nSPS) is 40.5. The first-order chi connectivity index (χ1) is 11.8. The number of esters is 1. The van der Waals surface area contributed by atoms with Crippen LogP contribution in [0.5, 0.6) is 0 Å². The molecule has 3 nitrogen and oxygen atoms in total. The van der Waals surface area contributed by atoms with Crippen molar-refractivity contribution in [3.8, 4) is 0 Å². The first kappa shape index (κ1) is 17.3. The fraction of sp³-hybridized carbons (Fsp3) is 0.571. The third kappa shape index (κ3) is 2.79. The number of fused-ring (bicyclic) bond motifs is 2. The maximum atomic E-state index is 12.9. The van der Waals surface area contributed by atoms with E-state index in [1.54, 1.807) is 0 Å². The molecule has 4 heteroatoms. The molecule has 1 N–H and O–H groups in total. The summed E-state index contributed by atoms with van der Waals surface area (Å²) < 4.78 is 6.69. The van der Waals surface area contributed by atoms with Crippen molar-refractivity contribution in [2.75, 3.05) is 0 Å². The quantitative estimate of drug-likeness (QED) is 0.468. The average molecular weight is 405 g/mol. The van der Waals surface area contributed by atoms with Gasteiger partial charge in [-0.2, -0.15) is 0 Å². The van der Waals surface area contributed by atoms with E-state index in [2.05, 4.69) is 26.0 Å². The van der Waals surface area contributed by atoms with Gasteiger partial charge < -0.3 is 0 Å². The number of carbonyl (C=O) groups excluding carboxylic acids is 1. The van der Waals surface area contributed by atoms with Gasteiger partial charge in [0.1, 0.15) is 0 Å². The number of ether oxygens (including phenoxy) is 1. The molecule has 1 saturated carbocycles. The SMILES string of the molecule is CC1=C2CC[C@@](C)(O)[C@@H]2C[C@H]2[C@H](C1)OC(=O)[C@@]2(C)[Se]c1ccccc1. The molecule has 134 valence electrons. The van der Waals surface area contributed by atoms with Gasteiger partial charge in [-0.25, -0.2) is 0 Å². The molecule has 5 atom stereocenters. The van der Waals surface area contributed by atoms with Gasteiger partial charge in [0.25, 0.3) is 0 Å². The number of rotatable bonds is 2. The molecule has 3 aliphatic rings. The van der Waals surface area contributed by atoms with Crippen LogP contribution >= 0.6 is 0 Å². The Kier molecular flexibility index (Phi) is 4.14. The Morgan fingerprint density at radius 1 is 1.24 bits per heavy atom. The van der Waals surface area contributed by atoms with E-state index in [9.17, 15) is 9.90 Å². The Morgan fingerprint density at radius 2 is 1.96 bits per heavy atom. The fourth-order valence-electron chi connectivity index (χ4n) is 4.96. The van der Waals surface area contributed by atoms with Gasteiger partial charge in [-0.15, -0.1) is 0 Å². The van der Waals surface area contributed by atoms with E-state index in [0.29, 0.717) is 0 Å². The standard InChI is InChI=1S/C21H26O3Se/c1-13-11-18-17(12-16-15(13)9-10-20(16,2)23)21(3,19(22)24-18)25-14-7-5-4-6-8-14/h4-8,16-18,23H,9-12H2,1-3H3/t16-,17+,18+,20-,21+/m1/s1. The van der Waals surface area contributed by atoms with Crippen molar-refractivity contribution < 1.29 is 14.6 Å². The second kappa shape index (κ2) is 5.97. The molecule has 1 aliphatic heterocycles. The first-order valence-corrected chi connectivity index (χ1v) is 10.9. The second-order valence-corrected chi connectivity index (χ2v) is 11.4. The molecule has 0 spiro atoms. The van der Waals surface area contributed by atoms with Crippen molar-refractivity contribution in [2.24, 2.45) is 11.8 Å². The molecule has 1 heterocycles. The van der Waals surface area contributed by atoms with Crippen LogP contribution in [-0.4, -0.2) is 37.7 Å². The first-order valence-electron chi connectivity index (χ1n) is 9.17. The fourth-order valence-corrected chi connectivity index (χ4v) is 7.72. The van der Waals surface area contributed by atoms with Crippen molar-refractivity contribution in [3.63, 3.8) is 0 Å². The van der Waals surface area contributed by atoms with Gasteiger partial charge in [-0.05, 0) is 0 Å². The summed E-state index contributed by atoms with van der Waals surface area (Å²) in [4.78, 5) is 12.9. The number of hydrogen-bond donors (Lipinski definition) is 1. The van der Waals surface area contributed by atoms with Crippen LogP contribution in [0.25, 0.3) is 0 Å². The zero-order chi connectivity index (χ0) is 17.8. The van der Waals surface area contributed by atoms with Gasteiger partial charge in [0.2, 0.25) is 0 Å². The van der Waals surface area contributed by atoms with E-state index < -0.39 is 9.91 Å². The molecule has 0 radical (unpaired) electrons. The topological polar surface area (TPSA) is 46.5 Å². The maximum absolute atomic E-state index is 12.9. The van der Waals surface area contributed by atoms with Crippen LogP contribution in [0.1, 0.15) is 46.5 Å². The summed E-state index contributed by atoms with van der Waals surface area (Å²) >= 11 is 0.0215. The molecule has 0 amide bonds. The molecular weight excluding hydrogens is 379 g/mol. The Bertz CT molecular complexity index is 724. The Hall–Kier alpha value is -1.09. The van der Waals surface area contributed by atoms with Crippen LogP contribution in [0.2, 0.25) is 4.31 Å². The van der Waals surface area contributed by atoms with E-state index in [1.165, 1.54) is 15.6 Å². The van der Waals surface area contributed by atoms with Gasteiger partial charge >= 0.3 is 156 Å². The molecular formula is C21H26O3Se. The van der Waals surface area contributed by atoms with Crippen molar-refractivity contribution >= 4 is 25.4 Å². The molecule has 25 heavy (non-hydrogen) atoms. The van der Waals surface area contributed by atoms with E-state index in [0.717, 1.165) is 25.7 Å². The summed E-state index contributed by atoms with van der Waals surface area (Å²) in [5.74, 6) is 0.311. The number of carbonyl (C=O) groups is 1. The van der Waals surface area contributed by atoms with E-state index in [-0.39, 0.29) is 38.9 Å². The zero-order valence-electron chi connectivity index (χ0n) is 15.1. The van der Waals surface area contributed by atoms with Crippen LogP contribution in [0.15, 0.2) is 41.5 Å². The van der Waals surface area contributed by atoms with Crippen LogP contribution in [0.4, 0.5) is 0 Å². The summed E-state index contributed by atoms with van der Waals surface area (Å²) in [7, 11) is 0. The summed E-state index contributed by atoms with van der Waals surface area (Å²) in [5, 5.41) is 10.9. The number of hydrogen-bond acceptors (Lipinski definition) is 3. The summed E-state index contributed by atoms with van der Waals surface area (Å²) in [6.45, 7) is 6.23. The zero-order valence-corrected chi connectivity index (χ0v) is 16.8. The predicted molar refractivity (Wildman–Crippen MR) is 98.8 cm³/mol. The third-order valence-electron chi connectivity index (χ3n) is 6.51. The molecule has 0 unspecified atom stereocenters. The van der Waals surface area contributed by atoms with E-state index in [1.807, 2.05) is 25.1 Å². The minimum atomic E-state index is -0.655. The average Bonchev–Trinajstić information content (AvgIpc) is 2.90. The predicted octanol–water partition coefficient (Wildman–Crippen LogP) is 3.01. The molecule has 4 rings (SSSR count). The summed E-state index contributed by atoms with van der Waals surface area (Å²) in [6.07, 6.45) is 3.48. The van der Waals surface area contributed by atoms with Crippen LogP contribution in [0, 0.1) is 11.8 Å². The molecule has 0 aromatic heterocycles. The minimum absolute atomic E-state index is 0.0215. The molecule has 0 bridgehead atoms. The van der Waals surface area contributed by atoms with Crippen LogP contribution in [-0.2, 0) is 9.53 Å². The van der Waals surface area contributed by atoms with Crippen LogP contribution in [0.3, 0.4) is 0 Å². The van der Waals surface area contributed by atoms with Crippen molar-refractivity contribution in [1.29, 1.82) is 0 Å². The van der Waals surface area contributed by atoms with E-state index in [4.69, 9.17) is 4.74 Å². The molecule has 1 aromatic carbocycles.